The van der Waals surface area contributed by atoms with E-state index in [0.717, 1.165) is 5.69 Å². The molecule has 0 aromatic carbocycles. The first kappa shape index (κ1) is 10.6. The van der Waals surface area contributed by atoms with Gasteiger partial charge in [-0.2, -0.15) is 0 Å². The molecule has 0 radical (unpaired) electrons. The van der Waals surface area contributed by atoms with Crippen LogP contribution in [0, 0.1) is 0 Å². The van der Waals surface area contributed by atoms with Crippen molar-refractivity contribution in [1.82, 2.24) is 30.2 Å². The van der Waals surface area contributed by atoms with Gasteiger partial charge in [-0.1, -0.05) is 6.07 Å². The van der Waals surface area contributed by atoms with Crippen molar-refractivity contribution in [2.24, 2.45) is 0 Å². The van der Waals surface area contributed by atoms with E-state index < -0.39 is 0 Å². The van der Waals surface area contributed by atoms with E-state index in [4.69, 9.17) is 0 Å². The Balaban J connectivity index is 1.83. The zero-order chi connectivity index (χ0) is 12.4. The van der Waals surface area contributed by atoms with Gasteiger partial charge >= 0.3 is 0 Å². The molecule has 3 aromatic heterocycles. The minimum Gasteiger partial charge on any atom is -0.360 e. The predicted octanol–water partition coefficient (Wildman–Crippen LogP) is 1.09. The molecule has 18 heavy (non-hydrogen) atoms. The first-order chi connectivity index (χ1) is 8.83. The van der Waals surface area contributed by atoms with E-state index in [1.165, 1.54) is 4.63 Å². The molecular weight excluding hydrogens is 230 g/mol. The highest BCUT2D eigenvalue weighted by molar-refractivity contribution is 5.43. The highest BCUT2D eigenvalue weighted by Gasteiger charge is 2.07. The summed E-state index contributed by atoms with van der Waals surface area (Å²) >= 11 is 0. The van der Waals surface area contributed by atoms with Gasteiger partial charge in [0.15, 0.2) is 5.65 Å². The van der Waals surface area contributed by atoms with Gasteiger partial charge in [-0.3, -0.25) is 4.98 Å². The predicted molar refractivity (Wildman–Crippen MR) is 64.9 cm³/mol. The second kappa shape index (κ2) is 4.36. The SMILES string of the molecule is C[C@@H](Nc1ccc2nnnn2n1)c1ccccn1. The monoisotopic (exact) mass is 241 g/mol. The van der Waals surface area contributed by atoms with E-state index in [9.17, 15) is 0 Å². The summed E-state index contributed by atoms with van der Waals surface area (Å²) in [5.41, 5.74) is 1.57. The van der Waals surface area contributed by atoms with Crippen LogP contribution in [0.4, 0.5) is 5.82 Å². The fourth-order valence-corrected chi connectivity index (χ4v) is 1.65. The summed E-state index contributed by atoms with van der Waals surface area (Å²) in [4.78, 5) is 4.29. The number of aromatic nitrogens is 6. The summed E-state index contributed by atoms with van der Waals surface area (Å²) in [6.07, 6.45) is 1.77. The van der Waals surface area contributed by atoms with Crippen LogP contribution >= 0.6 is 0 Å². The molecule has 0 saturated carbocycles. The van der Waals surface area contributed by atoms with E-state index in [1.807, 2.05) is 31.2 Å². The largest absolute Gasteiger partial charge is 0.360 e. The van der Waals surface area contributed by atoms with Gasteiger partial charge in [0.25, 0.3) is 0 Å². The van der Waals surface area contributed by atoms with E-state index in [0.29, 0.717) is 11.5 Å². The minimum atomic E-state index is 0.0626. The van der Waals surface area contributed by atoms with Gasteiger partial charge in [0.1, 0.15) is 5.82 Å². The Morgan fingerprint density at radius 1 is 1.22 bits per heavy atom. The Morgan fingerprint density at radius 3 is 3.00 bits per heavy atom. The summed E-state index contributed by atoms with van der Waals surface area (Å²) < 4.78 is 1.38. The van der Waals surface area contributed by atoms with Gasteiger partial charge in [0, 0.05) is 6.20 Å². The van der Waals surface area contributed by atoms with Crippen LogP contribution < -0.4 is 5.32 Å². The molecule has 0 fully saturated rings. The minimum absolute atomic E-state index is 0.0626. The van der Waals surface area contributed by atoms with Gasteiger partial charge in [-0.15, -0.1) is 14.8 Å². The Kier molecular flexibility index (Phi) is 2.56. The van der Waals surface area contributed by atoms with Crippen LogP contribution in [-0.2, 0) is 0 Å². The smallest absolute Gasteiger partial charge is 0.200 e. The molecule has 7 nitrogen and oxygen atoms in total. The van der Waals surface area contributed by atoms with E-state index >= 15 is 0 Å². The molecule has 0 aliphatic carbocycles. The molecule has 0 aliphatic rings. The molecule has 0 unspecified atom stereocenters. The Hall–Kier alpha value is -2.57. The lowest BCUT2D eigenvalue weighted by Gasteiger charge is -2.13. The van der Waals surface area contributed by atoms with Crippen LogP contribution in [0.25, 0.3) is 5.65 Å². The third-order valence-electron chi connectivity index (χ3n) is 2.57. The quantitative estimate of drug-likeness (QED) is 0.739. The lowest BCUT2D eigenvalue weighted by Crippen LogP contribution is -2.10. The molecule has 3 heterocycles. The molecule has 0 amide bonds. The van der Waals surface area contributed by atoms with Gasteiger partial charge in [-0.25, -0.2) is 0 Å². The lowest BCUT2D eigenvalue weighted by molar-refractivity contribution is 0.725. The summed E-state index contributed by atoms with van der Waals surface area (Å²) in [6.45, 7) is 2.02. The highest BCUT2D eigenvalue weighted by atomic mass is 15.6. The van der Waals surface area contributed by atoms with Crippen LogP contribution in [-0.4, -0.2) is 30.2 Å². The zero-order valence-corrected chi connectivity index (χ0v) is 9.72. The van der Waals surface area contributed by atoms with Crippen molar-refractivity contribution >= 4 is 11.5 Å². The Labute approximate surface area is 103 Å². The fraction of sp³-hybridized carbons (Fsp3) is 0.182. The van der Waals surface area contributed by atoms with Crippen molar-refractivity contribution in [3.8, 4) is 0 Å². The number of tetrazole rings is 1. The van der Waals surface area contributed by atoms with Gasteiger partial charge < -0.3 is 5.32 Å². The molecule has 0 bridgehead atoms. The van der Waals surface area contributed by atoms with Crippen molar-refractivity contribution in [1.29, 1.82) is 0 Å². The van der Waals surface area contributed by atoms with E-state index in [1.54, 1.807) is 12.3 Å². The first-order valence-corrected chi connectivity index (χ1v) is 5.56. The normalized spacial score (nSPS) is 12.5. The second-order valence-corrected chi connectivity index (χ2v) is 3.87. The summed E-state index contributed by atoms with van der Waals surface area (Å²) in [7, 11) is 0. The van der Waals surface area contributed by atoms with Crippen LogP contribution in [0.5, 0.6) is 0 Å². The lowest BCUT2D eigenvalue weighted by atomic mass is 10.2. The van der Waals surface area contributed by atoms with Crippen molar-refractivity contribution in [2.75, 3.05) is 5.32 Å². The average Bonchev–Trinajstić information content (AvgIpc) is 2.87. The van der Waals surface area contributed by atoms with Crippen molar-refractivity contribution in [3.05, 3.63) is 42.2 Å². The number of hydrogen-bond acceptors (Lipinski definition) is 6. The molecule has 1 atom stereocenters. The molecule has 7 heteroatoms. The van der Waals surface area contributed by atoms with E-state index in [2.05, 4.69) is 30.9 Å². The number of nitrogens with zero attached hydrogens (tertiary/aromatic N) is 6. The third-order valence-corrected chi connectivity index (χ3v) is 2.57. The van der Waals surface area contributed by atoms with Crippen LogP contribution in [0.2, 0.25) is 0 Å². The number of rotatable bonds is 3. The number of hydrogen-bond donors (Lipinski definition) is 1. The summed E-state index contributed by atoms with van der Waals surface area (Å²) in [6, 6.07) is 9.52. The van der Waals surface area contributed by atoms with Gasteiger partial charge in [0.05, 0.1) is 11.7 Å². The molecule has 1 N–H and O–H groups in total. The maximum Gasteiger partial charge on any atom is 0.200 e. The third kappa shape index (κ3) is 1.97. The Morgan fingerprint density at radius 2 is 2.17 bits per heavy atom. The molecule has 0 saturated heterocycles. The zero-order valence-electron chi connectivity index (χ0n) is 9.72. The maximum absolute atomic E-state index is 4.29. The molecule has 0 spiro atoms. The van der Waals surface area contributed by atoms with Gasteiger partial charge in [0.2, 0.25) is 0 Å². The average molecular weight is 241 g/mol. The number of nitrogens with one attached hydrogen (secondary N) is 1. The summed E-state index contributed by atoms with van der Waals surface area (Å²) in [5, 5.41) is 18.6. The molecule has 3 aromatic rings. The topological polar surface area (TPSA) is 80.9 Å². The van der Waals surface area contributed by atoms with Crippen molar-refractivity contribution in [2.45, 2.75) is 13.0 Å². The Bertz CT molecular complexity index is 649. The molecule has 90 valence electrons. The molecule has 3 rings (SSSR count). The van der Waals surface area contributed by atoms with Crippen LogP contribution in [0.1, 0.15) is 18.7 Å². The first-order valence-electron chi connectivity index (χ1n) is 5.56. The van der Waals surface area contributed by atoms with Gasteiger partial charge in [-0.05, 0) is 41.6 Å². The van der Waals surface area contributed by atoms with E-state index in [-0.39, 0.29) is 6.04 Å². The van der Waals surface area contributed by atoms with Crippen molar-refractivity contribution in [3.63, 3.8) is 0 Å². The highest BCUT2D eigenvalue weighted by Crippen LogP contribution is 2.15. The molecule has 0 aliphatic heterocycles. The number of pyridine rings is 1. The molecular formula is C11H11N7. The van der Waals surface area contributed by atoms with Crippen molar-refractivity contribution < 1.29 is 0 Å². The fourth-order valence-electron chi connectivity index (χ4n) is 1.65. The number of fused-ring (bicyclic) bond motifs is 1. The summed E-state index contributed by atoms with van der Waals surface area (Å²) in [5.74, 6) is 0.702. The van der Waals surface area contributed by atoms with Crippen LogP contribution in [0.15, 0.2) is 36.5 Å². The number of anilines is 1. The van der Waals surface area contributed by atoms with Crippen LogP contribution in [0.3, 0.4) is 0 Å². The second-order valence-electron chi connectivity index (χ2n) is 3.87. The standard InChI is InChI=1S/C11H11N7/c1-8(9-4-2-3-7-12-9)13-10-5-6-11-14-16-17-18(11)15-10/h2-8H,1H3,(H,13,15)/t8-/m1/s1. The maximum atomic E-state index is 4.29.